The average molecular weight is 278 g/mol. The van der Waals surface area contributed by atoms with Gasteiger partial charge in [0.15, 0.2) is 0 Å². The molecule has 0 bridgehead atoms. The van der Waals surface area contributed by atoms with Gasteiger partial charge in [0.2, 0.25) is 5.91 Å². The average Bonchev–Trinajstić information content (AvgIpc) is 2.47. The second kappa shape index (κ2) is 6.56. The summed E-state index contributed by atoms with van der Waals surface area (Å²) in [5, 5.41) is 0. The summed E-state index contributed by atoms with van der Waals surface area (Å²) in [6.07, 6.45) is 2.15. The van der Waals surface area contributed by atoms with Gasteiger partial charge in [-0.1, -0.05) is 0 Å². The third-order valence-corrected chi connectivity index (χ3v) is 3.41. The molecule has 1 fully saturated rings. The van der Waals surface area contributed by atoms with Gasteiger partial charge in [-0.2, -0.15) is 0 Å². The molecule has 1 aliphatic heterocycles. The number of anilines is 1. The molecule has 1 unspecified atom stereocenters. The van der Waals surface area contributed by atoms with Crippen molar-refractivity contribution in [1.82, 2.24) is 9.88 Å². The number of rotatable bonds is 4. The van der Waals surface area contributed by atoms with Gasteiger partial charge < -0.3 is 20.3 Å². The standard InChI is InChI=1S/C14H22N4O2/c1-11(15)9-14(19)18-7-5-17(6-8-18)13-10-12(20-2)3-4-16-13/h3-4,10-11H,5-9,15H2,1-2H3. The van der Waals surface area contributed by atoms with Crippen molar-refractivity contribution in [3.63, 3.8) is 0 Å². The van der Waals surface area contributed by atoms with E-state index in [4.69, 9.17) is 10.5 Å². The maximum Gasteiger partial charge on any atom is 0.224 e. The van der Waals surface area contributed by atoms with Crippen molar-refractivity contribution in [2.75, 3.05) is 38.2 Å². The van der Waals surface area contributed by atoms with E-state index in [1.165, 1.54) is 0 Å². The van der Waals surface area contributed by atoms with Crippen LogP contribution in [0.3, 0.4) is 0 Å². The highest BCUT2D eigenvalue weighted by molar-refractivity contribution is 5.77. The summed E-state index contributed by atoms with van der Waals surface area (Å²) >= 11 is 0. The molecule has 1 saturated heterocycles. The van der Waals surface area contributed by atoms with Gasteiger partial charge in [0.25, 0.3) is 0 Å². The van der Waals surface area contributed by atoms with Gasteiger partial charge in [-0.3, -0.25) is 4.79 Å². The molecule has 2 N–H and O–H groups in total. The Hall–Kier alpha value is -1.82. The molecule has 2 rings (SSSR count). The fourth-order valence-electron chi connectivity index (χ4n) is 2.29. The number of ether oxygens (including phenoxy) is 1. The van der Waals surface area contributed by atoms with Crippen molar-refractivity contribution in [3.05, 3.63) is 18.3 Å². The molecule has 1 aromatic rings. The molecule has 1 amide bonds. The van der Waals surface area contributed by atoms with Crippen LogP contribution in [0, 0.1) is 0 Å². The van der Waals surface area contributed by atoms with Crippen molar-refractivity contribution in [3.8, 4) is 5.75 Å². The predicted molar refractivity (Wildman–Crippen MR) is 77.8 cm³/mol. The fraction of sp³-hybridized carbons (Fsp3) is 0.571. The minimum atomic E-state index is -0.0828. The van der Waals surface area contributed by atoms with Gasteiger partial charge >= 0.3 is 0 Å². The van der Waals surface area contributed by atoms with Crippen LogP contribution in [0.25, 0.3) is 0 Å². The Labute approximate surface area is 119 Å². The third-order valence-electron chi connectivity index (χ3n) is 3.41. The number of methoxy groups -OCH3 is 1. The first kappa shape index (κ1) is 14.6. The summed E-state index contributed by atoms with van der Waals surface area (Å²) in [5.41, 5.74) is 5.67. The molecule has 6 heteroatoms. The highest BCUT2D eigenvalue weighted by Crippen LogP contribution is 2.19. The van der Waals surface area contributed by atoms with Crippen LogP contribution in [0.1, 0.15) is 13.3 Å². The van der Waals surface area contributed by atoms with E-state index < -0.39 is 0 Å². The van der Waals surface area contributed by atoms with E-state index >= 15 is 0 Å². The number of nitrogens with two attached hydrogens (primary N) is 1. The van der Waals surface area contributed by atoms with Gasteiger partial charge in [0.1, 0.15) is 11.6 Å². The number of amides is 1. The number of hydrogen-bond donors (Lipinski definition) is 1. The Bertz CT molecular complexity index is 456. The van der Waals surface area contributed by atoms with Crippen molar-refractivity contribution in [2.45, 2.75) is 19.4 Å². The number of nitrogens with zero attached hydrogens (tertiary/aromatic N) is 3. The zero-order valence-corrected chi connectivity index (χ0v) is 12.1. The van der Waals surface area contributed by atoms with Crippen LogP contribution in [0.4, 0.5) is 5.82 Å². The smallest absolute Gasteiger partial charge is 0.224 e. The second-order valence-electron chi connectivity index (χ2n) is 5.10. The van der Waals surface area contributed by atoms with E-state index in [0.717, 1.165) is 24.7 Å². The van der Waals surface area contributed by atoms with E-state index in [9.17, 15) is 4.79 Å². The highest BCUT2D eigenvalue weighted by Gasteiger charge is 2.22. The van der Waals surface area contributed by atoms with E-state index in [-0.39, 0.29) is 11.9 Å². The van der Waals surface area contributed by atoms with Crippen molar-refractivity contribution in [1.29, 1.82) is 0 Å². The first-order valence-electron chi connectivity index (χ1n) is 6.88. The lowest BCUT2D eigenvalue weighted by atomic mass is 10.2. The zero-order chi connectivity index (χ0) is 14.5. The van der Waals surface area contributed by atoms with Crippen molar-refractivity contribution in [2.24, 2.45) is 5.73 Å². The molecule has 110 valence electrons. The van der Waals surface area contributed by atoms with Crippen molar-refractivity contribution >= 4 is 11.7 Å². The van der Waals surface area contributed by atoms with Gasteiger partial charge in [-0.15, -0.1) is 0 Å². The monoisotopic (exact) mass is 278 g/mol. The molecular weight excluding hydrogens is 256 g/mol. The van der Waals surface area contributed by atoms with Crippen molar-refractivity contribution < 1.29 is 9.53 Å². The Morgan fingerprint density at radius 1 is 1.45 bits per heavy atom. The molecule has 0 aliphatic carbocycles. The molecule has 1 atom stereocenters. The summed E-state index contributed by atoms with van der Waals surface area (Å²) in [5.74, 6) is 1.83. The number of pyridine rings is 1. The fourth-order valence-corrected chi connectivity index (χ4v) is 2.29. The number of hydrogen-bond acceptors (Lipinski definition) is 5. The highest BCUT2D eigenvalue weighted by atomic mass is 16.5. The normalized spacial score (nSPS) is 16.9. The van der Waals surface area contributed by atoms with Crippen LogP contribution in [0.5, 0.6) is 5.75 Å². The molecule has 20 heavy (non-hydrogen) atoms. The molecule has 0 spiro atoms. The molecule has 0 radical (unpaired) electrons. The largest absolute Gasteiger partial charge is 0.497 e. The minimum Gasteiger partial charge on any atom is -0.497 e. The van der Waals surface area contributed by atoms with Gasteiger partial charge in [-0.25, -0.2) is 4.98 Å². The quantitative estimate of drug-likeness (QED) is 0.867. The lowest BCUT2D eigenvalue weighted by Gasteiger charge is -2.35. The maximum atomic E-state index is 11.9. The second-order valence-corrected chi connectivity index (χ2v) is 5.10. The molecule has 6 nitrogen and oxygen atoms in total. The maximum absolute atomic E-state index is 11.9. The Kier molecular flexibility index (Phi) is 4.79. The van der Waals surface area contributed by atoms with Crippen LogP contribution in [-0.2, 0) is 4.79 Å². The number of carbonyl (C=O) groups excluding carboxylic acids is 1. The summed E-state index contributed by atoms with van der Waals surface area (Å²) in [7, 11) is 1.64. The van der Waals surface area contributed by atoms with E-state index in [1.54, 1.807) is 13.3 Å². The number of carbonyl (C=O) groups is 1. The van der Waals surface area contributed by atoms with E-state index in [0.29, 0.717) is 19.5 Å². The number of piperazine rings is 1. The van der Waals surface area contributed by atoms with Gasteiger partial charge in [-0.05, 0) is 13.0 Å². The van der Waals surface area contributed by atoms with E-state index in [1.807, 2.05) is 24.0 Å². The molecule has 1 aliphatic rings. The first-order chi connectivity index (χ1) is 9.60. The Morgan fingerprint density at radius 2 is 2.15 bits per heavy atom. The zero-order valence-electron chi connectivity index (χ0n) is 12.1. The SMILES string of the molecule is COc1ccnc(N2CCN(C(=O)CC(C)N)CC2)c1. The van der Waals surface area contributed by atoms with Gasteiger partial charge in [0.05, 0.1) is 7.11 Å². The van der Waals surface area contributed by atoms with Gasteiger partial charge in [0, 0.05) is 50.9 Å². The van der Waals surface area contributed by atoms with Crippen LogP contribution < -0.4 is 15.4 Å². The van der Waals surface area contributed by atoms with Crippen LogP contribution in [0.2, 0.25) is 0 Å². The molecule has 0 aromatic carbocycles. The molecular formula is C14H22N4O2. The van der Waals surface area contributed by atoms with E-state index in [2.05, 4.69) is 9.88 Å². The lowest BCUT2D eigenvalue weighted by molar-refractivity contribution is -0.131. The Balaban J connectivity index is 1.92. The summed E-state index contributed by atoms with van der Waals surface area (Å²) in [6, 6.07) is 3.66. The third kappa shape index (κ3) is 3.60. The number of aromatic nitrogens is 1. The van der Waals surface area contributed by atoms with Crippen LogP contribution in [0.15, 0.2) is 18.3 Å². The van der Waals surface area contributed by atoms with Crippen LogP contribution >= 0.6 is 0 Å². The molecule has 2 heterocycles. The van der Waals surface area contributed by atoms with Crippen LogP contribution in [-0.4, -0.2) is 55.1 Å². The topological polar surface area (TPSA) is 71.7 Å². The molecule has 1 aromatic heterocycles. The first-order valence-corrected chi connectivity index (χ1v) is 6.88. The predicted octanol–water partition coefficient (Wildman–Crippen LogP) is 0.476. The molecule has 0 saturated carbocycles. The summed E-state index contributed by atoms with van der Waals surface area (Å²) in [4.78, 5) is 20.3. The summed E-state index contributed by atoms with van der Waals surface area (Å²) in [6.45, 7) is 4.85. The lowest BCUT2D eigenvalue weighted by Crippen LogP contribution is -2.49. The minimum absolute atomic E-state index is 0.0828. The Morgan fingerprint density at radius 3 is 2.75 bits per heavy atom. The summed E-state index contributed by atoms with van der Waals surface area (Å²) < 4.78 is 5.20.